The van der Waals surface area contributed by atoms with Crippen LogP contribution in [0.3, 0.4) is 0 Å². The van der Waals surface area contributed by atoms with Crippen LogP contribution in [0.4, 0.5) is 13.2 Å². The second kappa shape index (κ2) is 4.20. The van der Waals surface area contributed by atoms with Gasteiger partial charge in [-0.3, -0.25) is 4.57 Å². The summed E-state index contributed by atoms with van der Waals surface area (Å²) in [4.78, 5) is 2.86. The standard InChI is InChI=1S/C12H9F3N4S/c1-5-10-11(18(2)17-5)19(12(20)16-10)8-4-6(13)3-7(14)9(8)15/h3-4H,1-2H3,(H,16,20). The van der Waals surface area contributed by atoms with E-state index >= 15 is 0 Å². The first-order valence-electron chi connectivity index (χ1n) is 5.69. The number of rotatable bonds is 1. The van der Waals surface area contributed by atoms with Gasteiger partial charge in [-0.2, -0.15) is 5.10 Å². The zero-order valence-corrected chi connectivity index (χ0v) is 11.4. The molecule has 0 saturated carbocycles. The summed E-state index contributed by atoms with van der Waals surface area (Å²) in [6.07, 6.45) is 0. The summed E-state index contributed by atoms with van der Waals surface area (Å²) in [6, 6.07) is 1.38. The van der Waals surface area contributed by atoms with Gasteiger partial charge in [0, 0.05) is 19.2 Å². The number of hydrogen-bond acceptors (Lipinski definition) is 2. The quantitative estimate of drug-likeness (QED) is 0.553. The van der Waals surface area contributed by atoms with Gasteiger partial charge >= 0.3 is 0 Å². The van der Waals surface area contributed by atoms with Gasteiger partial charge in [-0.1, -0.05) is 0 Å². The molecule has 0 fully saturated rings. The average Bonchev–Trinajstić information content (AvgIpc) is 2.83. The second-order valence-electron chi connectivity index (χ2n) is 4.39. The molecule has 104 valence electrons. The number of aryl methyl sites for hydroxylation is 2. The topological polar surface area (TPSA) is 38.5 Å². The number of fused-ring (bicyclic) bond motifs is 1. The van der Waals surface area contributed by atoms with Gasteiger partial charge < -0.3 is 4.98 Å². The SMILES string of the molecule is Cc1nn(C)c2c1[nH]c(=S)n2-c1cc(F)cc(F)c1F. The van der Waals surface area contributed by atoms with Crippen LogP contribution in [0, 0.1) is 29.1 Å². The monoisotopic (exact) mass is 298 g/mol. The van der Waals surface area contributed by atoms with Crippen molar-refractivity contribution < 1.29 is 13.2 Å². The van der Waals surface area contributed by atoms with Crippen molar-refractivity contribution in [3.05, 3.63) is 40.0 Å². The highest BCUT2D eigenvalue weighted by molar-refractivity contribution is 7.71. The molecule has 0 atom stereocenters. The number of nitrogens with one attached hydrogen (secondary N) is 1. The molecule has 0 unspecified atom stereocenters. The van der Waals surface area contributed by atoms with Crippen molar-refractivity contribution in [1.82, 2.24) is 19.3 Å². The van der Waals surface area contributed by atoms with E-state index in [1.807, 2.05) is 0 Å². The third-order valence-corrected chi connectivity index (χ3v) is 3.34. The molecule has 0 bridgehead atoms. The number of hydrogen-bond donors (Lipinski definition) is 1. The van der Waals surface area contributed by atoms with Gasteiger partial charge in [0.05, 0.1) is 11.4 Å². The molecule has 20 heavy (non-hydrogen) atoms. The fourth-order valence-electron chi connectivity index (χ4n) is 2.24. The predicted molar refractivity (Wildman–Crippen MR) is 69.8 cm³/mol. The van der Waals surface area contributed by atoms with E-state index in [1.165, 1.54) is 9.25 Å². The van der Waals surface area contributed by atoms with E-state index in [1.54, 1.807) is 14.0 Å². The first-order chi connectivity index (χ1) is 9.40. The summed E-state index contributed by atoms with van der Waals surface area (Å²) in [5, 5.41) is 4.16. The highest BCUT2D eigenvalue weighted by Crippen LogP contribution is 2.25. The van der Waals surface area contributed by atoms with Crippen LogP contribution in [0.25, 0.3) is 16.9 Å². The number of benzene rings is 1. The molecule has 0 aliphatic rings. The Morgan fingerprint density at radius 1 is 1.25 bits per heavy atom. The summed E-state index contributed by atoms with van der Waals surface area (Å²) in [5.41, 5.74) is 1.41. The van der Waals surface area contributed by atoms with E-state index in [4.69, 9.17) is 12.2 Å². The predicted octanol–water partition coefficient (Wildman–Crippen LogP) is 3.15. The van der Waals surface area contributed by atoms with Crippen LogP contribution < -0.4 is 0 Å². The van der Waals surface area contributed by atoms with Gasteiger partial charge in [0.15, 0.2) is 22.1 Å². The lowest BCUT2D eigenvalue weighted by Gasteiger charge is -2.07. The largest absolute Gasteiger partial charge is 0.327 e. The Morgan fingerprint density at radius 2 is 1.95 bits per heavy atom. The first kappa shape index (κ1) is 12.9. The number of H-pyrrole nitrogens is 1. The Hall–Kier alpha value is -2.09. The van der Waals surface area contributed by atoms with Gasteiger partial charge in [-0.05, 0) is 19.1 Å². The van der Waals surface area contributed by atoms with Crippen molar-refractivity contribution in [2.24, 2.45) is 7.05 Å². The van der Waals surface area contributed by atoms with Crippen molar-refractivity contribution in [1.29, 1.82) is 0 Å². The van der Waals surface area contributed by atoms with Crippen molar-refractivity contribution in [2.75, 3.05) is 0 Å². The fraction of sp³-hybridized carbons (Fsp3) is 0.167. The zero-order chi connectivity index (χ0) is 14.6. The van der Waals surface area contributed by atoms with Crippen molar-refractivity contribution >= 4 is 23.4 Å². The molecule has 0 aliphatic heterocycles. The molecular formula is C12H9F3N4S. The number of aromatic nitrogens is 4. The number of imidazole rings is 1. The van der Waals surface area contributed by atoms with Crippen molar-refractivity contribution in [2.45, 2.75) is 6.92 Å². The van der Waals surface area contributed by atoms with Crippen LogP contribution in [-0.4, -0.2) is 19.3 Å². The van der Waals surface area contributed by atoms with E-state index in [9.17, 15) is 13.2 Å². The van der Waals surface area contributed by atoms with E-state index < -0.39 is 17.5 Å². The molecule has 0 amide bonds. The van der Waals surface area contributed by atoms with Gasteiger partial charge in [0.2, 0.25) is 0 Å². The molecule has 0 spiro atoms. The van der Waals surface area contributed by atoms with Crippen LogP contribution >= 0.6 is 12.2 Å². The molecule has 2 heterocycles. The molecule has 1 N–H and O–H groups in total. The lowest BCUT2D eigenvalue weighted by molar-refractivity contribution is 0.490. The summed E-state index contributed by atoms with van der Waals surface area (Å²) in [6.45, 7) is 1.75. The van der Waals surface area contributed by atoms with Crippen LogP contribution in [0.2, 0.25) is 0 Å². The zero-order valence-electron chi connectivity index (χ0n) is 10.5. The Labute approximate surface area is 116 Å². The lowest BCUT2D eigenvalue weighted by Crippen LogP contribution is -2.05. The van der Waals surface area contributed by atoms with E-state index in [0.717, 1.165) is 6.07 Å². The van der Waals surface area contributed by atoms with Gasteiger partial charge in [0.1, 0.15) is 11.3 Å². The lowest BCUT2D eigenvalue weighted by atomic mass is 10.2. The molecule has 0 radical (unpaired) electrons. The number of halogens is 3. The molecule has 4 nitrogen and oxygen atoms in total. The van der Waals surface area contributed by atoms with E-state index in [-0.39, 0.29) is 10.5 Å². The minimum absolute atomic E-state index is 0.139. The second-order valence-corrected chi connectivity index (χ2v) is 4.78. The summed E-state index contributed by atoms with van der Waals surface area (Å²) < 4.78 is 43.5. The molecule has 2 aromatic heterocycles. The molecule has 1 aromatic carbocycles. The smallest absolute Gasteiger partial charge is 0.184 e. The fourth-order valence-corrected chi connectivity index (χ4v) is 2.52. The van der Waals surface area contributed by atoms with Crippen LogP contribution in [0.15, 0.2) is 12.1 Å². The molecule has 3 aromatic rings. The Morgan fingerprint density at radius 3 is 2.65 bits per heavy atom. The Kier molecular flexibility index (Phi) is 2.72. The molecule has 0 aliphatic carbocycles. The van der Waals surface area contributed by atoms with Crippen LogP contribution in [-0.2, 0) is 7.05 Å². The van der Waals surface area contributed by atoms with E-state index in [2.05, 4.69) is 10.1 Å². The maximum absolute atomic E-state index is 13.9. The highest BCUT2D eigenvalue weighted by Gasteiger charge is 2.19. The maximum Gasteiger partial charge on any atom is 0.184 e. The highest BCUT2D eigenvalue weighted by atomic mass is 32.1. The minimum atomic E-state index is -1.27. The number of nitrogens with zero attached hydrogens (tertiary/aromatic N) is 3. The Bertz CT molecular complexity index is 890. The summed E-state index contributed by atoms with van der Waals surface area (Å²) in [7, 11) is 1.64. The molecule has 3 rings (SSSR count). The maximum atomic E-state index is 13.9. The normalized spacial score (nSPS) is 11.4. The van der Waals surface area contributed by atoms with Crippen LogP contribution in [0.1, 0.15) is 5.69 Å². The average molecular weight is 298 g/mol. The minimum Gasteiger partial charge on any atom is -0.327 e. The van der Waals surface area contributed by atoms with E-state index in [0.29, 0.717) is 22.9 Å². The van der Waals surface area contributed by atoms with Crippen molar-refractivity contribution in [3.8, 4) is 5.69 Å². The molecule has 8 heteroatoms. The van der Waals surface area contributed by atoms with Gasteiger partial charge in [-0.25, -0.2) is 17.9 Å². The summed E-state index contributed by atoms with van der Waals surface area (Å²) in [5.74, 6) is -3.31. The van der Waals surface area contributed by atoms with Gasteiger partial charge in [0.25, 0.3) is 0 Å². The summed E-state index contributed by atoms with van der Waals surface area (Å²) >= 11 is 5.11. The third-order valence-electron chi connectivity index (χ3n) is 3.05. The molecular weight excluding hydrogens is 289 g/mol. The Balaban J connectivity index is 2.47. The van der Waals surface area contributed by atoms with Crippen LogP contribution in [0.5, 0.6) is 0 Å². The first-order valence-corrected chi connectivity index (χ1v) is 6.10. The van der Waals surface area contributed by atoms with Crippen molar-refractivity contribution in [3.63, 3.8) is 0 Å². The van der Waals surface area contributed by atoms with Gasteiger partial charge in [-0.15, -0.1) is 0 Å². The molecule has 0 saturated heterocycles. The third kappa shape index (κ3) is 1.68. The number of aromatic amines is 1.